The number of ether oxygens (including phenoxy) is 1. The topological polar surface area (TPSA) is 64.3 Å². The van der Waals surface area contributed by atoms with Crippen LogP contribution in [-0.2, 0) is 0 Å². The van der Waals surface area contributed by atoms with Gasteiger partial charge in [-0.25, -0.2) is 0 Å². The molecule has 0 unspecified atom stereocenters. The maximum Gasteiger partial charge on any atom is 0.255 e. The average molecular weight is 400 g/mol. The number of carbonyl (C=O) groups is 1. The van der Waals surface area contributed by atoms with Crippen LogP contribution in [0.15, 0.2) is 45.3 Å². The zero-order valence-corrected chi connectivity index (χ0v) is 13.8. The van der Waals surface area contributed by atoms with Crippen LogP contribution in [0.25, 0.3) is 0 Å². The van der Waals surface area contributed by atoms with Gasteiger partial charge in [0, 0.05) is 21.8 Å². The van der Waals surface area contributed by atoms with E-state index >= 15 is 0 Å². The molecule has 6 heteroatoms. The maximum atomic E-state index is 12.1. The molecule has 2 rings (SSSR count). The Kier molecular flexibility index (Phi) is 4.67. The molecule has 20 heavy (non-hydrogen) atoms. The van der Waals surface area contributed by atoms with E-state index in [-0.39, 0.29) is 5.91 Å². The van der Waals surface area contributed by atoms with E-state index in [1.165, 1.54) is 0 Å². The molecule has 0 aliphatic carbocycles. The number of nitrogen functional groups attached to an aromatic ring is 1. The number of halogens is 2. The third kappa shape index (κ3) is 3.32. The number of carbonyl (C=O) groups excluding carboxylic acids is 1. The zero-order chi connectivity index (χ0) is 14.7. The molecule has 104 valence electrons. The molecule has 0 radical (unpaired) electrons. The SMILES string of the molecule is COc1cc(NC(=O)c2ccc(N)cc2)c(Br)cc1Br. The number of benzene rings is 2. The van der Waals surface area contributed by atoms with E-state index < -0.39 is 0 Å². The number of amides is 1. The Labute approximate surface area is 133 Å². The number of hydrogen-bond acceptors (Lipinski definition) is 3. The summed E-state index contributed by atoms with van der Waals surface area (Å²) in [5, 5.41) is 2.82. The molecular weight excluding hydrogens is 388 g/mol. The normalized spacial score (nSPS) is 10.2. The van der Waals surface area contributed by atoms with Crippen LogP contribution in [0.3, 0.4) is 0 Å². The van der Waals surface area contributed by atoms with Crippen LogP contribution in [-0.4, -0.2) is 13.0 Å². The molecule has 0 aromatic heterocycles. The van der Waals surface area contributed by atoms with E-state index in [9.17, 15) is 4.79 Å². The van der Waals surface area contributed by atoms with Crippen molar-refractivity contribution in [1.29, 1.82) is 0 Å². The number of methoxy groups -OCH3 is 1. The van der Waals surface area contributed by atoms with Crippen molar-refractivity contribution < 1.29 is 9.53 Å². The van der Waals surface area contributed by atoms with Crippen LogP contribution in [0.1, 0.15) is 10.4 Å². The van der Waals surface area contributed by atoms with Crippen molar-refractivity contribution in [2.45, 2.75) is 0 Å². The summed E-state index contributed by atoms with van der Waals surface area (Å²) in [7, 11) is 1.57. The highest BCUT2D eigenvalue weighted by atomic mass is 79.9. The van der Waals surface area contributed by atoms with Gasteiger partial charge >= 0.3 is 0 Å². The number of nitrogens with one attached hydrogen (secondary N) is 1. The van der Waals surface area contributed by atoms with Gasteiger partial charge in [-0.05, 0) is 62.2 Å². The summed E-state index contributed by atoms with van der Waals surface area (Å²) in [6.45, 7) is 0. The van der Waals surface area contributed by atoms with E-state index in [1.54, 1.807) is 37.4 Å². The Hall–Kier alpha value is -1.53. The van der Waals surface area contributed by atoms with E-state index in [2.05, 4.69) is 37.2 Å². The molecule has 1 amide bonds. The van der Waals surface area contributed by atoms with E-state index in [0.29, 0.717) is 22.7 Å². The molecule has 0 bridgehead atoms. The van der Waals surface area contributed by atoms with Crippen LogP contribution in [0.5, 0.6) is 5.75 Å². The molecule has 3 N–H and O–H groups in total. The quantitative estimate of drug-likeness (QED) is 0.765. The third-order valence-corrected chi connectivity index (χ3v) is 3.94. The van der Waals surface area contributed by atoms with Crippen LogP contribution >= 0.6 is 31.9 Å². The zero-order valence-electron chi connectivity index (χ0n) is 10.6. The number of nitrogens with two attached hydrogens (primary N) is 1. The molecule has 2 aromatic carbocycles. The van der Waals surface area contributed by atoms with Gasteiger partial charge in [-0.3, -0.25) is 4.79 Å². The lowest BCUT2D eigenvalue weighted by molar-refractivity contribution is 0.102. The maximum absolute atomic E-state index is 12.1. The summed E-state index contributed by atoms with van der Waals surface area (Å²) in [5.41, 5.74) is 7.38. The number of hydrogen-bond donors (Lipinski definition) is 2. The summed E-state index contributed by atoms with van der Waals surface area (Å²) >= 11 is 6.78. The van der Waals surface area contributed by atoms with Crippen LogP contribution in [0.2, 0.25) is 0 Å². The summed E-state index contributed by atoms with van der Waals surface area (Å²) in [4.78, 5) is 12.1. The first-order valence-corrected chi connectivity index (χ1v) is 7.30. The minimum Gasteiger partial charge on any atom is -0.495 e. The Bertz CT molecular complexity index is 642. The largest absolute Gasteiger partial charge is 0.495 e. The minimum atomic E-state index is -0.213. The minimum absolute atomic E-state index is 0.213. The van der Waals surface area contributed by atoms with Gasteiger partial charge in [-0.15, -0.1) is 0 Å². The first kappa shape index (κ1) is 14.9. The van der Waals surface area contributed by atoms with Crippen molar-refractivity contribution in [3.8, 4) is 5.75 Å². The summed E-state index contributed by atoms with van der Waals surface area (Å²) in [6.07, 6.45) is 0. The van der Waals surface area contributed by atoms with Gasteiger partial charge in [0.05, 0.1) is 17.3 Å². The van der Waals surface area contributed by atoms with Crippen LogP contribution in [0.4, 0.5) is 11.4 Å². The fourth-order valence-electron chi connectivity index (χ4n) is 1.61. The summed E-state index contributed by atoms with van der Waals surface area (Å²) < 4.78 is 6.77. The number of anilines is 2. The first-order valence-electron chi connectivity index (χ1n) is 5.71. The Morgan fingerprint density at radius 2 is 1.80 bits per heavy atom. The predicted octanol–water partition coefficient (Wildman–Crippen LogP) is 4.05. The summed E-state index contributed by atoms with van der Waals surface area (Å²) in [5.74, 6) is 0.427. The van der Waals surface area contributed by atoms with Gasteiger partial charge in [0.25, 0.3) is 5.91 Å². The van der Waals surface area contributed by atoms with Gasteiger partial charge in [0.2, 0.25) is 0 Å². The number of rotatable bonds is 3. The fraction of sp³-hybridized carbons (Fsp3) is 0.0714. The second-order valence-corrected chi connectivity index (χ2v) is 5.75. The molecule has 0 spiro atoms. The van der Waals surface area contributed by atoms with Gasteiger partial charge in [0.15, 0.2) is 0 Å². The molecule has 2 aromatic rings. The van der Waals surface area contributed by atoms with E-state index in [0.717, 1.165) is 8.95 Å². The highest BCUT2D eigenvalue weighted by molar-refractivity contribution is 9.11. The lowest BCUT2D eigenvalue weighted by Gasteiger charge is -2.11. The molecule has 0 fully saturated rings. The molecule has 0 aliphatic rings. The van der Waals surface area contributed by atoms with Crippen molar-refractivity contribution in [3.05, 3.63) is 50.9 Å². The molecule has 0 saturated carbocycles. The predicted molar refractivity (Wildman–Crippen MR) is 87.2 cm³/mol. The average Bonchev–Trinajstić information content (AvgIpc) is 2.42. The monoisotopic (exact) mass is 398 g/mol. The van der Waals surface area contributed by atoms with Crippen molar-refractivity contribution in [3.63, 3.8) is 0 Å². The van der Waals surface area contributed by atoms with Crippen LogP contribution in [0, 0.1) is 0 Å². The Balaban J connectivity index is 2.25. The fourth-order valence-corrected chi connectivity index (χ4v) is 2.87. The van der Waals surface area contributed by atoms with Crippen molar-refractivity contribution in [1.82, 2.24) is 0 Å². The highest BCUT2D eigenvalue weighted by Gasteiger charge is 2.11. The molecule has 0 aliphatic heterocycles. The lowest BCUT2D eigenvalue weighted by atomic mass is 10.2. The van der Waals surface area contributed by atoms with Crippen molar-refractivity contribution >= 4 is 49.1 Å². The van der Waals surface area contributed by atoms with Crippen molar-refractivity contribution in [2.75, 3.05) is 18.2 Å². The summed E-state index contributed by atoms with van der Waals surface area (Å²) in [6, 6.07) is 10.3. The highest BCUT2D eigenvalue weighted by Crippen LogP contribution is 2.34. The molecular formula is C14H12Br2N2O2. The molecule has 0 atom stereocenters. The Morgan fingerprint density at radius 3 is 2.40 bits per heavy atom. The van der Waals surface area contributed by atoms with Gasteiger partial charge in [-0.2, -0.15) is 0 Å². The second kappa shape index (κ2) is 6.28. The molecule has 4 nitrogen and oxygen atoms in total. The molecule has 0 saturated heterocycles. The van der Waals surface area contributed by atoms with Gasteiger partial charge in [-0.1, -0.05) is 0 Å². The van der Waals surface area contributed by atoms with Gasteiger partial charge < -0.3 is 15.8 Å². The second-order valence-electron chi connectivity index (χ2n) is 4.04. The molecule has 0 heterocycles. The van der Waals surface area contributed by atoms with E-state index in [1.807, 2.05) is 6.07 Å². The lowest BCUT2D eigenvalue weighted by Crippen LogP contribution is -2.12. The first-order chi connectivity index (χ1) is 9.51. The Morgan fingerprint density at radius 1 is 1.15 bits per heavy atom. The van der Waals surface area contributed by atoms with E-state index in [4.69, 9.17) is 10.5 Å². The standard InChI is InChI=1S/C14H12Br2N2O2/c1-20-13-7-12(10(15)6-11(13)16)18-14(19)8-2-4-9(17)5-3-8/h2-7H,17H2,1H3,(H,18,19). The van der Waals surface area contributed by atoms with Crippen molar-refractivity contribution in [2.24, 2.45) is 0 Å². The van der Waals surface area contributed by atoms with Crippen LogP contribution < -0.4 is 15.8 Å². The smallest absolute Gasteiger partial charge is 0.255 e. The third-order valence-electron chi connectivity index (χ3n) is 2.66. The van der Waals surface area contributed by atoms with Gasteiger partial charge in [0.1, 0.15) is 5.75 Å².